The first kappa shape index (κ1) is 22.3. The molecule has 1 aliphatic heterocycles. The fourth-order valence-corrected chi connectivity index (χ4v) is 4.70. The Morgan fingerprint density at radius 2 is 1.72 bits per heavy atom. The second-order valence-corrected chi connectivity index (χ2v) is 8.27. The Bertz CT molecular complexity index is 792. The number of hydrogen-bond acceptors (Lipinski definition) is 2. The minimum absolute atomic E-state index is 0. The van der Waals surface area contributed by atoms with Crippen molar-refractivity contribution in [2.75, 3.05) is 19.6 Å². The lowest BCUT2D eigenvalue weighted by atomic mass is 10.0. The van der Waals surface area contributed by atoms with Gasteiger partial charge < -0.3 is 15.5 Å². The first-order valence-electron chi connectivity index (χ1n) is 11.1. The summed E-state index contributed by atoms with van der Waals surface area (Å²) in [6.07, 6.45) is 8.11. The Balaban J connectivity index is 0.00000240. The monoisotopic (exact) mass is 506 g/mol. The van der Waals surface area contributed by atoms with Crippen LogP contribution in [0, 0.1) is 0 Å². The van der Waals surface area contributed by atoms with E-state index >= 15 is 0 Å². The zero-order chi connectivity index (χ0) is 19.2. The van der Waals surface area contributed by atoms with Crippen molar-refractivity contribution in [3.63, 3.8) is 0 Å². The molecule has 1 saturated heterocycles. The number of fused-ring (bicyclic) bond motifs is 1. The molecule has 4 rings (SSSR count). The predicted octanol–water partition coefficient (Wildman–Crippen LogP) is 4.92. The molecule has 0 spiro atoms. The number of likely N-dealkylation sites (tertiary alicyclic amines) is 1. The molecule has 0 amide bonds. The number of piperidine rings is 1. The summed E-state index contributed by atoms with van der Waals surface area (Å²) in [6, 6.07) is 16.5. The number of aliphatic imine (C=N–C) groups is 1. The number of nitrogens with one attached hydrogen (secondary N) is 2. The van der Waals surface area contributed by atoms with E-state index in [9.17, 15) is 0 Å². The van der Waals surface area contributed by atoms with E-state index in [1.54, 1.807) is 0 Å². The third-order valence-electron chi connectivity index (χ3n) is 6.29. The Labute approximate surface area is 192 Å². The number of rotatable bonds is 5. The van der Waals surface area contributed by atoms with Gasteiger partial charge >= 0.3 is 0 Å². The molecule has 4 nitrogen and oxygen atoms in total. The lowest BCUT2D eigenvalue weighted by molar-refractivity contribution is 0.150. The van der Waals surface area contributed by atoms with Crippen LogP contribution in [-0.4, -0.2) is 42.6 Å². The second kappa shape index (κ2) is 11.2. The van der Waals surface area contributed by atoms with Gasteiger partial charge in [-0.05, 0) is 55.0 Å². The van der Waals surface area contributed by atoms with Crippen LogP contribution in [0.2, 0.25) is 0 Å². The van der Waals surface area contributed by atoms with Crippen LogP contribution in [0.25, 0.3) is 10.8 Å². The molecule has 1 saturated carbocycles. The van der Waals surface area contributed by atoms with Crippen LogP contribution < -0.4 is 10.6 Å². The molecule has 158 valence electrons. The summed E-state index contributed by atoms with van der Waals surface area (Å²) >= 11 is 0. The molecule has 2 fully saturated rings. The largest absolute Gasteiger partial charge is 0.357 e. The minimum atomic E-state index is 0. The van der Waals surface area contributed by atoms with Gasteiger partial charge in [0.15, 0.2) is 5.96 Å². The molecule has 2 aromatic rings. The molecule has 0 aromatic heterocycles. The van der Waals surface area contributed by atoms with Crippen molar-refractivity contribution in [3.8, 4) is 0 Å². The number of nitrogens with zero attached hydrogens (tertiary/aromatic N) is 2. The number of halogens is 1. The van der Waals surface area contributed by atoms with E-state index in [0.717, 1.165) is 18.5 Å². The average Bonchev–Trinajstić information content (AvgIpc) is 3.27. The SMILES string of the molecule is CCNC(=NCc1ccc2ccccc2c1)NC1CCN(C2CCCC2)CC1.I. The summed E-state index contributed by atoms with van der Waals surface area (Å²) < 4.78 is 0. The van der Waals surface area contributed by atoms with Gasteiger partial charge in [-0.25, -0.2) is 4.99 Å². The lowest BCUT2D eigenvalue weighted by Gasteiger charge is -2.36. The normalized spacial score (nSPS) is 19.3. The van der Waals surface area contributed by atoms with Crippen molar-refractivity contribution in [1.29, 1.82) is 0 Å². The summed E-state index contributed by atoms with van der Waals surface area (Å²) in [6.45, 7) is 6.19. The molecule has 2 N–H and O–H groups in total. The van der Waals surface area contributed by atoms with Gasteiger partial charge in [0.05, 0.1) is 6.54 Å². The molecule has 1 aliphatic carbocycles. The summed E-state index contributed by atoms with van der Waals surface area (Å²) in [4.78, 5) is 7.59. The second-order valence-electron chi connectivity index (χ2n) is 8.27. The van der Waals surface area contributed by atoms with Crippen molar-refractivity contribution in [3.05, 3.63) is 48.0 Å². The van der Waals surface area contributed by atoms with Crippen LogP contribution in [0.3, 0.4) is 0 Å². The molecule has 29 heavy (non-hydrogen) atoms. The molecule has 5 heteroatoms. The van der Waals surface area contributed by atoms with Crippen molar-refractivity contribution >= 4 is 40.7 Å². The molecular formula is C24H35IN4. The summed E-state index contributed by atoms with van der Waals surface area (Å²) in [5.74, 6) is 0.954. The van der Waals surface area contributed by atoms with Gasteiger partial charge in [-0.3, -0.25) is 0 Å². The van der Waals surface area contributed by atoms with Crippen LogP contribution in [0.5, 0.6) is 0 Å². The maximum atomic E-state index is 4.86. The van der Waals surface area contributed by atoms with E-state index < -0.39 is 0 Å². The molecule has 0 radical (unpaired) electrons. The Hall–Kier alpha value is -1.34. The Kier molecular flexibility index (Phi) is 8.60. The summed E-state index contributed by atoms with van der Waals surface area (Å²) in [5, 5.41) is 9.69. The lowest BCUT2D eigenvalue weighted by Crippen LogP contribution is -2.50. The topological polar surface area (TPSA) is 39.7 Å². The fraction of sp³-hybridized carbons (Fsp3) is 0.542. The zero-order valence-electron chi connectivity index (χ0n) is 17.6. The van der Waals surface area contributed by atoms with E-state index in [4.69, 9.17) is 4.99 Å². The number of benzene rings is 2. The molecule has 0 atom stereocenters. The Morgan fingerprint density at radius 1 is 1.00 bits per heavy atom. The quantitative estimate of drug-likeness (QED) is 0.344. The number of guanidine groups is 1. The smallest absolute Gasteiger partial charge is 0.191 e. The molecule has 2 aliphatic rings. The van der Waals surface area contributed by atoms with Crippen molar-refractivity contribution in [1.82, 2.24) is 15.5 Å². The maximum Gasteiger partial charge on any atom is 0.191 e. The van der Waals surface area contributed by atoms with Crippen molar-refractivity contribution in [2.45, 2.75) is 64.1 Å². The molecule has 0 bridgehead atoms. The van der Waals surface area contributed by atoms with Crippen LogP contribution in [-0.2, 0) is 6.54 Å². The maximum absolute atomic E-state index is 4.86. The highest BCUT2D eigenvalue weighted by Gasteiger charge is 2.27. The zero-order valence-corrected chi connectivity index (χ0v) is 19.9. The van der Waals surface area contributed by atoms with Gasteiger partial charge in [0, 0.05) is 31.7 Å². The van der Waals surface area contributed by atoms with Gasteiger partial charge in [-0.15, -0.1) is 24.0 Å². The average molecular weight is 506 g/mol. The van der Waals surface area contributed by atoms with Gasteiger partial charge in [-0.1, -0.05) is 49.2 Å². The fourth-order valence-electron chi connectivity index (χ4n) is 4.70. The third-order valence-corrected chi connectivity index (χ3v) is 6.29. The van der Waals surface area contributed by atoms with Gasteiger partial charge in [-0.2, -0.15) is 0 Å². The Morgan fingerprint density at radius 3 is 2.45 bits per heavy atom. The van der Waals surface area contributed by atoms with Gasteiger partial charge in [0.1, 0.15) is 0 Å². The van der Waals surface area contributed by atoms with E-state index in [0.29, 0.717) is 12.6 Å². The first-order valence-corrected chi connectivity index (χ1v) is 11.1. The van der Waals surface area contributed by atoms with Crippen LogP contribution >= 0.6 is 24.0 Å². The summed E-state index contributed by atoms with van der Waals surface area (Å²) in [7, 11) is 0. The van der Waals surface area contributed by atoms with Crippen molar-refractivity contribution < 1.29 is 0 Å². The predicted molar refractivity (Wildman–Crippen MR) is 134 cm³/mol. The van der Waals surface area contributed by atoms with E-state index in [-0.39, 0.29) is 24.0 Å². The minimum Gasteiger partial charge on any atom is -0.357 e. The molecule has 1 heterocycles. The highest BCUT2D eigenvalue weighted by Crippen LogP contribution is 2.26. The number of hydrogen-bond donors (Lipinski definition) is 2. The summed E-state index contributed by atoms with van der Waals surface area (Å²) in [5.41, 5.74) is 1.26. The third kappa shape index (κ3) is 6.07. The van der Waals surface area contributed by atoms with Crippen molar-refractivity contribution in [2.24, 2.45) is 4.99 Å². The van der Waals surface area contributed by atoms with Gasteiger partial charge in [0.25, 0.3) is 0 Å². The molecule has 2 aromatic carbocycles. The van der Waals surface area contributed by atoms with Crippen LogP contribution in [0.15, 0.2) is 47.5 Å². The van der Waals surface area contributed by atoms with Crippen LogP contribution in [0.1, 0.15) is 51.0 Å². The molecule has 0 unspecified atom stereocenters. The highest BCUT2D eigenvalue weighted by atomic mass is 127. The van der Waals surface area contributed by atoms with Crippen LogP contribution in [0.4, 0.5) is 0 Å². The first-order chi connectivity index (χ1) is 13.8. The van der Waals surface area contributed by atoms with E-state index in [2.05, 4.69) is 64.9 Å². The molecular weight excluding hydrogens is 471 g/mol. The highest BCUT2D eigenvalue weighted by molar-refractivity contribution is 14.0. The standard InChI is InChI=1S/C24H34N4.HI/c1-2-25-24(26-18-19-11-12-20-7-3-4-8-21(20)17-19)27-22-13-15-28(16-14-22)23-9-5-6-10-23;/h3-4,7-8,11-12,17,22-23H,2,5-6,9-10,13-16,18H2,1H3,(H2,25,26,27);1H. The van der Waals surface area contributed by atoms with E-state index in [1.165, 1.54) is 68.0 Å². The van der Waals surface area contributed by atoms with Gasteiger partial charge in [0.2, 0.25) is 0 Å². The van der Waals surface area contributed by atoms with E-state index in [1.807, 2.05) is 0 Å².